The lowest BCUT2D eigenvalue weighted by Gasteiger charge is -2.11. The van der Waals surface area contributed by atoms with Crippen molar-refractivity contribution in [1.82, 2.24) is 4.57 Å². The summed E-state index contributed by atoms with van der Waals surface area (Å²) in [7, 11) is 1.61. The highest BCUT2D eigenvalue weighted by Crippen LogP contribution is 2.35. The second-order valence-electron chi connectivity index (χ2n) is 7.81. The van der Waals surface area contributed by atoms with Gasteiger partial charge < -0.3 is 15.0 Å². The van der Waals surface area contributed by atoms with Gasteiger partial charge in [-0.25, -0.2) is 8.78 Å². The Morgan fingerprint density at radius 2 is 1.55 bits per heavy atom. The molecular weight excluding hydrogens is 422 g/mol. The predicted octanol–water partition coefficient (Wildman–Crippen LogP) is 5.90. The Balaban J connectivity index is 1.79. The van der Waals surface area contributed by atoms with Gasteiger partial charge in [0, 0.05) is 21.9 Å². The second kappa shape index (κ2) is 8.06. The van der Waals surface area contributed by atoms with E-state index in [-0.39, 0.29) is 12.1 Å². The fraction of sp³-hybridized carbons (Fsp3) is 0.0741. The first-order chi connectivity index (χ1) is 16.0. The average molecular weight is 442 g/mol. The molecule has 33 heavy (non-hydrogen) atoms. The third-order valence-corrected chi connectivity index (χ3v) is 5.96. The number of nitrogens with zero attached hydrogens (tertiary/aromatic N) is 1. The van der Waals surface area contributed by atoms with Gasteiger partial charge in [0.15, 0.2) is 0 Å². The van der Waals surface area contributed by atoms with E-state index in [0.29, 0.717) is 16.5 Å². The highest BCUT2D eigenvalue weighted by atomic mass is 19.1. The molecule has 0 saturated heterocycles. The molecule has 0 bridgehead atoms. The van der Waals surface area contributed by atoms with Crippen molar-refractivity contribution in [2.45, 2.75) is 6.54 Å². The number of aromatic nitrogens is 1. The first kappa shape index (κ1) is 20.7. The van der Waals surface area contributed by atoms with E-state index in [1.165, 1.54) is 18.2 Å². The lowest BCUT2D eigenvalue weighted by atomic mass is 10.0. The van der Waals surface area contributed by atoms with Crippen molar-refractivity contribution in [2.24, 2.45) is 5.73 Å². The quantitative estimate of drug-likeness (QED) is 0.369. The summed E-state index contributed by atoms with van der Waals surface area (Å²) >= 11 is 0. The third-order valence-electron chi connectivity index (χ3n) is 5.96. The molecule has 5 rings (SSSR count). The molecule has 0 aliphatic rings. The number of benzene rings is 4. The first-order valence-electron chi connectivity index (χ1n) is 10.4. The zero-order chi connectivity index (χ0) is 23.1. The van der Waals surface area contributed by atoms with E-state index in [1.54, 1.807) is 19.2 Å². The Morgan fingerprint density at radius 3 is 2.21 bits per heavy atom. The van der Waals surface area contributed by atoms with E-state index in [1.807, 2.05) is 53.1 Å². The number of amides is 1. The molecule has 1 aromatic heterocycles. The maximum atomic E-state index is 14.5. The topological polar surface area (TPSA) is 57.2 Å². The van der Waals surface area contributed by atoms with E-state index in [4.69, 9.17) is 10.5 Å². The Hall–Kier alpha value is -4.19. The molecule has 6 heteroatoms. The molecule has 4 aromatic carbocycles. The normalized spacial score (nSPS) is 11.2. The van der Waals surface area contributed by atoms with Crippen LogP contribution < -0.4 is 10.5 Å². The van der Waals surface area contributed by atoms with Gasteiger partial charge in [-0.2, -0.15) is 0 Å². The van der Waals surface area contributed by atoms with Crippen LogP contribution in [0.2, 0.25) is 0 Å². The standard InChI is InChI=1S/C27H20F2N2O2/c1-33-18-11-8-16(9-12-18)17-10-13-19-25(14-17)31(15-21-22(28)5-3-6-23(21)29)24-7-2-4-20(26(19)24)27(30)32/h2-14H,15H2,1H3,(H2,30,32). The molecule has 0 spiro atoms. The SMILES string of the molecule is COc1ccc(-c2ccc3c4c(C(N)=O)cccc4n(Cc4c(F)cccc4F)c3c2)cc1. The summed E-state index contributed by atoms with van der Waals surface area (Å²) < 4.78 is 36.1. The Kier molecular flexibility index (Phi) is 5.05. The number of primary amides is 1. The molecule has 0 atom stereocenters. The average Bonchev–Trinajstić information content (AvgIpc) is 3.14. The van der Waals surface area contributed by atoms with Crippen LogP contribution in [0.3, 0.4) is 0 Å². The fourth-order valence-electron chi connectivity index (χ4n) is 4.32. The minimum absolute atomic E-state index is 0.0349. The van der Waals surface area contributed by atoms with E-state index < -0.39 is 17.5 Å². The van der Waals surface area contributed by atoms with Gasteiger partial charge in [-0.1, -0.05) is 36.4 Å². The molecule has 0 radical (unpaired) electrons. The fourth-order valence-corrected chi connectivity index (χ4v) is 4.32. The van der Waals surface area contributed by atoms with Gasteiger partial charge in [-0.3, -0.25) is 4.79 Å². The summed E-state index contributed by atoms with van der Waals surface area (Å²) in [4.78, 5) is 12.2. The van der Waals surface area contributed by atoms with Crippen molar-refractivity contribution in [1.29, 1.82) is 0 Å². The molecule has 1 amide bonds. The van der Waals surface area contributed by atoms with Crippen LogP contribution in [0.4, 0.5) is 8.78 Å². The smallest absolute Gasteiger partial charge is 0.249 e. The molecule has 5 aromatic rings. The number of rotatable bonds is 5. The Bertz CT molecular complexity index is 1500. The van der Waals surface area contributed by atoms with Gasteiger partial charge in [0.05, 0.1) is 24.7 Å². The monoisotopic (exact) mass is 442 g/mol. The van der Waals surface area contributed by atoms with Gasteiger partial charge in [-0.15, -0.1) is 0 Å². The zero-order valence-corrected chi connectivity index (χ0v) is 17.8. The number of methoxy groups -OCH3 is 1. The largest absolute Gasteiger partial charge is 0.497 e. The number of hydrogen-bond donors (Lipinski definition) is 1. The number of halogens is 2. The van der Waals surface area contributed by atoms with Crippen LogP contribution in [0.15, 0.2) is 78.9 Å². The van der Waals surface area contributed by atoms with Gasteiger partial charge in [0.25, 0.3) is 0 Å². The molecular formula is C27H20F2N2O2. The van der Waals surface area contributed by atoms with Gasteiger partial charge >= 0.3 is 0 Å². The minimum Gasteiger partial charge on any atom is -0.497 e. The van der Waals surface area contributed by atoms with Crippen LogP contribution in [0.1, 0.15) is 15.9 Å². The third kappa shape index (κ3) is 3.49. The summed E-state index contributed by atoms with van der Waals surface area (Å²) in [6.45, 7) is -0.0349. The van der Waals surface area contributed by atoms with Crippen LogP contribution >= 0.6 is 0 Å². The van der Waals surface area contributed by atoms with Gasteiger partial charge in [0.2, 0.25) is 5.91 Å². The number of nitrogens with two attached hydrogens (primary N) is 1. The van der Waals surface area contributed by atoms with Gasteiger partial charge in [0.1, 0.15) is 17.4 Å². The van der Waals surface area contributed by atoms with Crippen LogP contribution in [0.5, 0.6) is 5.75 Å². The van der Waals surface area contributed by atoms with Crippen molar-refractivity contribution in [3.05, 3.63) is 102 Å². The molecule has 164 valence electrons. The van der Waals surface area contributed by atoms with Crippen LogP contribution in [0, 0.1) is 11.6 Å². The van der Waals surface area contributed by atoms with Crippen molar-refractivity contribution in [2.75, 3.05) is 7.11 Å². The molecule has 1 heterocycles. The lowest BCUT2D eigenvalue weighted by molar-refractivity contribution is 0.100. The molecule has 0 aliphatic carbocycles. The summed E-state index contributed by atoms with van der Waals surface area (Å²) in [6, 6.07) is 22.5. The summed E-state index contributed by atoms with van der Waals surface area (Å²) in [5, 5.41) is 1.45. The van der Waals surface area contributed by atoms with E-state index >= 15 is 0 Å². The van der Waals surface area contributed by atoms with Crippen LogP contribution in [-0.4, -0.2) is 17.6 Å². The number of carbonyl (C=O) groups excluding carboxylic acids is 1. The van der Waals surface area contributed by atoms with Crippen LogP contribution in [0.25, 0.3) is 32.9 Å². The number of hydrogen-bond acceptors (Lipinski definition) is 2. The van der Waals surface area contributed by atoms with Crippen molar-refractivity contribution >= 4 is 27.7 Å². The van der Waals surface area contributed by atoms with Crippen molar-refractivity contribution in [3.8, 4) is 16.9 Å². The first-order valence-corrected chi connectivity index (χ1v) is 10.4. The van der Waals surface area contributed by atoms with Gasteiger partial charge in [-0.05, 0) is 53.6 Å². The molecule has 0 unspecified atom stereocenters. The second-order valence-corrected chi connectivity index (χ2v) is 7.81. The highest BCUT2D eigenvalue weighted by Gasteiger charge is 2.19. The molecule has 4 nitrogen and oxygen atoms in total. The number of carbonyl (C=O) groups is 1. The molecule has 0 fully saturated rings. The maximum absolute atomic E-state index is 14.5. The van der Waals surface area contributed by atoms with E-state index in [0.717, 1.165) is 27.8 Å². The summed E-state index contributed by atoms with van der Waals surface area (Å²) in [5.41, 5.74) is 9.27. The Labute approximate surface area is 188 Å². The van der Waals surface area contributed by atoms with Crippen LogP contribution in [-0.2, 0) is 6.54 Å². The van der Waals surface area contributed by atoms with E-state index in [2.05, 4.69) is 0 Å². The summed E-state index contributed by atoms with van der Waals surface area (Å²) in [5.74, 6) is -1.06. The van der Waals surface area contributed by atoms with Crippen molar-refractivity contribution in [3.63, 3.8) is 0 Å². The van der Waals surface area contributed by atoms with Crippen molar-refractivity contribution < 1.29 is 18.3 Å². The number of fused-ring (bicyclic) bond motifs is 3. The molecule has 2 N–H and O–H groups in total. The minimum atomic E-state index is -0.623. The Morgan fingerprint density at radius 1 is 0.879 bits per heavy atom. The zero-order valence-electron chi connectivity index (χ0n) is 17.8. The predicted molar refractivity (Wildman–Crippen MR) is 125 cm³/mol. The number of ether oxygens (including phenoxy) is 1. The maximum Gasteiger partial charge on any atom is 0.249 e. The summed E-state index contributed by atoms with van der Waals surface area (Å²) in [6.07, 6.45) is 0. The molecule has 0 aliphatic heterocycles. The lowest BCUT2D eigenvalue weighted by Crippen LogP contribution is -2.11. The van der Waals surface area contributed by atoms with E-state index in [9.17, 15) is 13.6 Å². The highest BCUT2D eigenvalue weighted by molar-refractivity contribution is 6.18. The molecule has 0 saturated carbocycles.